The molecule has 1 atom stereocenters. The van der Waals surface area contributed by atoms with Crippen LogP contribution in [0.2, 0.25) is 10.0 Å². The van der Waals surface area contributed by atoms with Gasteiger partial charge < -0.3 is 13.7 Å². The predicted molar refractivity (Wildman–Crippen MR) is 109 cm³/mol. The first-order valence-corrected chi connectivity index (χ1v) is 9.40. The quantitative estimate of drug-likeness (QED) is 0.404. The van der Waals surface area contributed by atoms with E-state index in [9.17, 15) is 4.79 Å². The fourth-order valence-corrected chi connectivity index (χ4v) is 3.52. The standard InChI is InChI=1S/C21H16Cl2N2O3/c22-16-5-6-17(18(23)10-16)20(11-25-8-7-24-13-25)27-12-15-9-14-3-1-2-4-19(14)28-21(15)26/h1-10,13,20H,11-12H2. The lowest BCUT2D eigenvalue weighted by molar-refractivity contribution is 0.0268. The van der Waals surface area contributed by atoms with E-state index in [1.165, 1.54) is 0 Å². The molecule has 7 heteroatoms. The van der Waals surface area contributed by atoms with Crippen LogP contribution < -0.4 is 5.63 Å². The molecule has 0 saturated heterocycles. The van der Waals surface area contributed by atoms with E-state index < -0.39 is 11.7 Å². The summed E-state index contributed by atoms with van der Waals surface area (Å²) in [4.78, 5) is 16.4. The van der Waals surface area contributed by atoms with Crippen LogP contribution in [0.15, 0.2) is 76.5 Å². The summed E-state index contributed by atoms with van der Waals surface area (Å²) in [7, 11) is 0. The van der Waals surface area contributed by atoms with Gasteiger partial charge in [-0.15, -0.1) is 0 Å². The first kappa shape index (κ1) is 18.7. The van der Waals surface area contributed by atoms with Crippen LogP contribution in [0.1, 0.15) is 17.2 Å². The molecule has 0 amide bonds. The van der Waals surface area contributed by atoms with Gasteiger partial charge in [-0.1, -0.05) is 47.5 Å². The molecular formula is C21H16Cl2N2O3. The molecule has 1 unspecified atom stereocenters. The maximum absolute atomic E-state index is 12.3. The van der Waals surface area contributed by atoms with Gasteiger partial charge in [-0.05, 0) is 24.3 Å². The second kappa shape index (κ2) is 8.19. The van der Waals surface area contributed by atoms with Gasteiger partial charge in [0.05, 0.1) is 25.0 Å². The number of halogens is 2. The van der Waals surface area contributed by atoms with Crippen molar-refractivity contribution in [3.8, 4) is 0 Å². The highest BCUT2D eigenvalue weighted by Gasteiger charge is 2.18. The average molecular weight is 415 g/mol. The van der Waals surface area contributed by atoms with Crippen molar-refractivity contribution in [1.82, 2.24) is 9.55 Å². The zero-order valence-electron chi connectivity index (χ0n) is 14.7. The van der Waals surface area contributed by atoms with E-state index in [0.29, 0.717) is 27.7 Å². The van der Waals surface area contributed by atoms with Crippen LogP contribution in [0.25, 0.3) is 11.0 Å². The molecule has 142 valence electrons. The zero-order chi connectivity index (χ0) is 19.5. The van der Waals surface area contributed by atoms with E-state index in [1.807, 2.05) is 35.0 Å². The Morgan fingerprint density at radius 1 is 1.14 bits per heavy atom. The Balaban J connectivity index is 1.62. The fourth-order valence-electron chi connectivity index (χ4n) is 2.99. The number of ether oxygens (including phenoxy) is 1. The van der Waals surface area contributed by atoms with Gasteiger partial charge in [0.25, 0.3) is 0 Å². The number of para-hydroxylation sites is 1. The minimum absolute atomic E-state index is 0.0888. The molecule has 0 aliphatic rings. The maximum Gasteiger partial charge on any atom is 0.341 e. The first-order chi connectivity index (χ1) is 13.6. The SMILES string of the molecule is O=c1oc2ccccc2cc1COC(Cn1ccnc1)c1ccc(Cl)cc1Cl. The summed E-state index contributed by atoms with van der Waals surface area (Å²) in [6, 6.07) is 14.4. The molecule has 2 heterocycles. The summed E-state index contributed by atoms with van der Waals surface area (Å²) >= 11 is 12.4. The highest BCUT2D eigenvalue weighted by Crippen LogP contribution is 2.30. The molecule has 2 aromatic heterocycles. The van der Waals surface area contributed by atoms with Gasteiger partial charge in [0.2, 0.25) is 0 Å². The van der Waals surface area contributed by atoms with Crippen LogP contribution in [0.4, 0.5) is 0 Å². The van der Waals surface area contributed by atoms with Crippen LogP contribution >= 0.6 is 23.2 Å². The van der Waals surface area contributed by atoms with E-state index in [0.717, 1.165) is 10.9 Å². The van der Waals surface area contributed by atoms with E-state index in [2.05, 4.69) is 4.98 Å². The predicted octanol–water partition coefficient (Wildman–Crippen LogP) is 5.25. The Morgan fingerprint density at radius 2 is 2.00 bits per heavy atom. The van der Waals surface area contributed by atoms with Gasteiger partial charge in [0.1, 0.15) is 11.7 Å². The second-order valence-electron chi connectivity index (χ2n) is 6.32. The monoisotopic (exact) mass is 414 g/mol. The summed E-state index contributed by atoms with van der Waals surface area (Å²) in [5.74, 6) is 0. The van der Waals surface area contributed by atoms with Crippen LogP contribution in [0.5, 0.6) is 0 Å². The lowest BCUT2D eigenvalue weighted by Crippen LogP contribution is -2.15. The van der Waals surface area contributed by atoms with Crippen molar-refractivity contribution < 1.29 is 9.15 Å². The number of nitrogens with zero attached hydrogens (tertiary/aromatic N) is 2. The van der Waals surface area contributed by atoms with E-state index >= 15 is 0 Å². The molecule has 0 radical (unpaired) electrons. The van der Waals surface area contributed by atoms with Gasteiger partial charge in [-0.2, -0.15) is 0 Å². The van der Waals surface area contributed by atoms with E-state index in [-0.39, 0.29) is 6.61 Å². The van der Waals surface area contributed by atoms with Gasteiger partial charge in [0, 0.05) is 33.4 Å². The molecule has 5 nitrogen and oxygen atoms in total. The van der Waals surface area contributed by atoms with Crippen LogP contribution in [0, 0.1) is 0 Å². The number of hydrogen-bond acceptors (Lipinski definition) is 4. The van der Waals surface area contributed by atoms with Crippen molar-refractivity contribution in [1.29, 1.82) is 0 Å². The van der Waals surface area contributed by atoms with Crippen molar-refractivity contribution in [2.24, 2.45) is 0 Å². The van der Waals surface area contributed by atoms with E-state index in [4.69, 9.17) is 32.4 Å². The van der Waals surface area contributed by atoms with E-state index in [1.54, 1.807) is 36.8 Å². The Morgan fingerprint density at radius 3 is 2.79 bits per heavy atom. The third-order valence-electron chi connectivity index (χ3n) is 4.40. The molecule has 0 saturated carbocycles. The summed E-state index contributed by atoms with van der Waals surface area (Å²) in [5.41, 5.74) is 1.36. The van der Waals surface area contributed by atoms with Gasteiger partial charge in [0.15, 0.2) is 0 Å². The number of benzene rings is 2. The molecule has 0 N–H and O–H groups in total. The minimum Gasteiger partial charge on any atom is -0.422 e. The lowest BCUT2D eigenvalue weighted by atomic mass is 10.1. The number of hydrogen-bond donors (Lipinski definition) is 0. The summed E-state index contributed by atoms with van der Waals surface area (Å²) in [6.45, 7) is 0.575. The topological polar surface area (TPSA) is 57.3 Å². The molecule has 0 fully saturated rings. The molecule has 28 heavy (non-hydrogen) atoms. The van der Waals surface area contributed by atoms with Crippen molar-refractivity contribution in [3.63, 3.8) is 0 Å². The highest BCUT2D eigenvalue weighted by molar-refractivity contribution is 6.35. The van der Waals surface area contributed by atoms with Gasteiger partial charge in [-0.3, -0.25) is 0 Å². The molecule has 4 aromatic rings. The molecule has 0 aliphatic heterocycles. The smallest absolute Gasteiger partial charge is 0.341 e. The molecular weight excluding hydrogens is 399 g/mol. The third-order valence-corrected chi connectivity index (χ3v) is 4.96. The van der Waals surface area contributed by atoms with Crippen molar-refractivity contribution in [3.05, 3.63) is 98.8 Å². The molecule has 0 aliphatic carbocycles. The molecule has 0 spiro atoms. The molecule has 0 bridgehead atoms. The lowest BCUT2D eigenvalue weighted by Gasteiger charge is -2.20. The molecule has 2 aromatic carbocycles. The highest BCUT2D eigenvalue weighted by atomic mass is 35.5. The molecule has 4 rings (SSSR count). The van der Waals surface area contributed by atoms with Crippen LogP contribution in [-0.2, 0) is 17.9 Å². The number of aromatic nitrogens is 2. The Kier molecular flexibility index (Phi) is 5.48. The maximum atomic E-state index is 12.3. The summed E-state index contributed by atoms with van der Waals surface area (Å²) < 4.78 is 13.4. The summed E-state index contributed by atoms with van der Waals surface area (Å²) in [5, 5.41) is 1.89. The number of fused-ring (bicyclic) bond motifs is 1. The van der Waals surface area contributed by atoms with Crippen molar-refractivity contribution in [2.45, 2.75) is 19.3 Å². The minimum atomic E-state index is -0.415. The first-order valence-electron chi connectivity index (χ1n) is 8.64. The summed E-state index contributed by atoms with van der Waals surface area (Å²) in [6.07, 6.45) is 4.83. The number of rotatable bonds is 6. The second-order valence-corrected chi connectivity index (χ2v) is 7.17. The Bertz CT molecular complexity index is 1160. The van der Waals surface area contributed by atoms with Crippen LogP contribution in [-0.4, -0.2) is 9.55 Å². The third kappa shape index (κ3) is 4.12. The number of imidazole rings is 1. The van der Waals surface area contributed by atoms with Crippen molar-refractivity contribution in [2.75, 3.05) is 0 Å². The zero-order valence-corrected chi connectivity index (χ0v) is 16.2. The largest absolute Gasteiger partial charge is 0.422 e. The van der Waals surface area contributed by atoms with Crippen LogP contribution in [0.3, 0.4) is 0 Å². The van der Waals surface area contributed by atoms with Gasteiger partial charge in [-0.25, -0.2) is 9.78 Å². The fraction of sp³-hybridized carbons (Fsp3) is 0.143. The Labute approximate surface area is 171 Å². The van der Waals surface area contributed by atoms with Gasteiger partial charge >= 0.3 is 5.63 Å². The normalized spacial score (nSPS) is 12.4. The van der Waals surface area contributed by atoms with Crippen molar-refractivity contribution >= 4 is 34.2 Å². The Hall–Kier alpha value is -2.60. The average Bonchev–Trinajstić information content (AvgIpc) is 3.18.